The highest BCUT2D eigenvalue weighted by atomic mass is 16.6. The molecule has 0 aromatic heterocycles. The molecule has 0 saturated carbocycles. The first-order chi connectivity index (χ1) is 8.93. The third-order valence-corrected chi connectivity index (χ3v) is 2.90. The highest BCUT2D eigenvalue weighted by Gasteiger charge is 2.29. The predicted molar refractivity (Wildman–Crippen MR) is 69.8 cm³/mol. The normalized spacial score (nSPS) is 11.7. The van der Waals surface area contributed by atoms with Crippen LogP contribution in [0.15, 0.2) is 18.2 Å². The highest BCUT2D eigenvalue weighted by Crippen LogP contribution is 2.37. The Kier molecular flexibility index (Phi) is 4.68. The van der Waals surface area contributed by atoms with Gasteiger partial charge in [-0.1, -0.05) is 13.0 Å². The first-order valence-electron chi connectivity index (χ1n) is 5.71. The number of carboxylic acids is 1. The minimum Gasteiger partial charge on any atom is -0.490 e. The van der Waals surface area contributed by atoms with Crippen molar-refractivity contribution in [3.05, 3.63) is 28.3 Å². The molecule has 0 aliphatic rings. The third-order valence-electron chi connectivity index (χ3n) is 2.90. The quantitative estimate of drug-likeness (QED) is 0.625. The number of hydrogen-bond acceptors (Lipinski definition) is 5. The summed E-state index contributed by atoms with van der Waals surface area (Å²) in [4.78, 5) is 23.1. The van der Waals surface area contributed by atoms with E-state index in [4.69, 9.17) is 9.84 Å². The van der Waals surface area contributed by atoms with Crippen molar-refractivity contribution < 1.29 is 19.6 Å². The summed E-state index contributed by atoms with van der Waals surface area (Å²) in [6.45, 7) is 1.71. The third kappa shape index (κ3) is 2.93. The number of para-hydroxylation sites is 1. The number of aliphatic carboxylic acids is 1. The van der Waals surface area contributed by atoms with Crippen LogP contribution >= 0.6 is 0 Å². The molecule has 19 heavy (non-hydrogen) atoms. The van der Waals surface area contributed by atoms with Crippen LogP contribution in [0.5, 0.6) is 5.75 Å². The average molecular weight is 268 g/mol. The van der Waals surface area contributed by atoms with Gasteiger partial charge in [0.25, 0.3) is 0 Å². The van der Waals surface area contributed by atoms with Gasteiger partial charge in [0.15, 0.2) is 5.75 Å². The molecule has 0 bridgehead atoms. The van der Waals surface area contributed by atoms with Crippen LogP contribution in [0.4, 0.5) is 11.4 Å². The van der Waals surface area contributed by atoms with Crippen molar-refractivity contribution in [1.29, 1.82) is 0 Å². The van der Waals surface area contributed by atoms with Crippen molar-refractivity contribution in [1.82, 2.24) is 0 Å². The van der Waals surface area contributed by atoms with E-state index in [2.05, 4.69) is 0 Å². The lowest BCUT2D eigenvalue weighted by Crippen LogP contribution is -2.38. The van der Waals surface area contributed by atoms with Gasteiger partial charge in [-0.3, -0.25) is 10.1 Å². The number of benzene rings is 1. The summed E-state index contributed by atoms with van der Waals surface area (Å²) >= 11 is 0. The Morgan fingerprint density at radius 1 is 1.58 bits per heavy atom. The van der Waals surface area contributed by atoms with Gasteiger partial charge in [0.2, 0.25) is 0 Å². The molecule has 0 fully saturated rings. The first kappa shape index (κ1) is 14.7. The smallest absolute Gasteiger partial charge is 0.333 e. The maximum Gasteiger partial charge on any atom is 0.333 e. The van der Waals surface area contributed by atoms with Crippen molar-refractivity contribution in [2.45, 2.75) is 19.4 Å². The van der Waals surface area contributed by atoms with Gasteiger partial charge in [-0.25, -0.2) is 4.79 Å². The van der Waals surface area contributed by atoms with Crippen molar-refractivity contribution >= 4 is 17.3 Å². The summed E-state index contributed by atoms with van der Waals surface area (Å²) in [6.07, 6.45) is 0.334. The molecule has 0 aliphatic carbocycles. The van der Waals surface area contributed by atoms with Gasteiger partial charge in [0.1, 0.15) is 11.7 Å². The molecule has 1 N–H and O–H groups in total. The summed E-state index contributed by atoms with van der Waals surface area (Å²) in [7, 11) is 2.85. The van der Waals surface area contributed by atoms with Crippen LogP contribution in [0.2, 0.25) is 0 Å². The fraction of sp³-hybridized carbons (Fsp3) is 0.417. The van der Waals surface area contributed by atoms with E-state index >= 15 is 0 Å². The van der Waals surface area contributed by atoms with E-state index in [-0.39, 0.29) is 17.1 Å². The zero-order chi connectivity index (χ0) is 14.6. The van der Waals surface area contributed by atoms with E-state index in [0.29, 0.717) is 6.42 Å². The van der Waals surface area contributed by atoms with E-state index in [9.17, 15) is 14.9 Å². The van der Waals surface area contributed by atoms with Gasteiger partial charge in [0, 0.05) is 7.05 Å². The fourth-order valence-corrected chi connectivity index (χ4v) is 1.93. The van der Waals surface area contributed by atoms with E-state index in [0.717, 1.165) is 0 Å². The van der Waals surface area contributed by atoms with Crippen LogP contribution in [0.3, 0.4) is 0 Å². The molecule has 0 spiro atoms. The van der Waals surface area contributed by atoms with Crippen molar-refractivity contribution in [3.8, 4) is 5.75 Å². The summed E-state index contributed by atoms with van der Waals surface area (Å²) in [5.41, 5.74) is -0.00852. The Morgan fingerprint density at radius 2 is 2.21 bits per heavy atom. The Labute approximate surface area is 110 Å². The number of hydrogen-bond donors (Lipinski definition) is 1. The van der Waals surface area contributed by atoms with Crippen LogP contribution in [-0.2, 0) is 4.79 Å². The van der Waals surface area contributed by atoms with E-state index in [1.54, 1.807) is 13.0 Å². The number of carbonyl (C=O) groups is 1. The first-order valence-corrected chi connectivity index (χ1v) is 5.71. The summed E-state index contributed by atoms with van der Waals surface area (Å²) < 4.78 is 4.96. The van der Waals surface area contributed by atoms with Crippen LogP contribution in [0.1, 0.15) is 13.3 Å². The second kappa shape index (κ2) is 6.03. The molecule has 1 unspecified atom stereocenters. The lowest BCUT2D eigenvalue weighted by Gasteiger charge is -2.25. The largest absolute Gasteiger partial charge is 0.490 e. The van der Waals surface area contributed by atoms with E-state index in [1.165, 1.54) is 31.2 Å². The zero-order valence-corrected chi connectivity index (χ0v) is 11.0. The molecule has 0 heterocycles. The minimum atomic E-state index is -1.03. The van der Waals surface area contributed by atoms with Gasteiger partial charge >= 0.3 is 11.7 Å². The fourth-order valence-electron chi connectivity index (χ4n) is 1.93. The minimum absolute atomic E-state index is 0.106. The number of anilines is 1. The Hall–Kier alpha value is -2.31. The van der Waals surface area contributed by atoms with Gasteiger partial charge in [0.05, 0.1) is 12.0 Å². The number of nitrogens with zero attached hydrogens (tertiary/aromatic N) is 2. The number of nitro benzene ring substituents is 1. The molecule has 1 aromatic rings. The number of methoxy groups -OCH3 is 1. The van der Waals surface area contributed by atoms with E-state index in [1.807, 2.05) is 0 Å². The number of ether oxygens (including phenoxy) is 1. The van der Waals surface area contributed by atoms with E-state index < -0.39 is 16.9 Å². The number of likely N-dealkylation sites (N-methyl/N-ethyl adjacent to an activating group) is 1. The molecule has 7 heteroatoms. The van der Waals surface area contributed by atoms with Gasteiger partial charge in [-0.05, 0) is 18.6 Å². The average Bonchev–Trinajstić information content (AvgIpc) is 2.37. The molecule has 1 atom stereocenters. The van der Waals surface area contributed by atoms with Gasteiger partial charge in [-0.2, -0.15) is 0 Å². The van der Waals surface area contributed by atoms with Crippen molar-refractivity contribution in [2.24, 2.45) is 0 Å². The molecule has 104 valence electrons. The molecule has 7 nitrogen and oxygen atoms in total. The topological polar surface area (TPSA) is 92.9 Å². The molecule has 1 aromatic carbocycles. The maximum absolute atomic E-state index is 11.1. The lowest BCUT2D eigenvalue weighted by atomic mass is 10.1. The molecular formula is C12H16N2O5. The Morgan fingerprint density at radius 3 is 2.63 bits per heavy atom. The number of carboxylic acid groups (broad SMARTS) is 1. The maximum atomic E-state index is 11.1. The molecule has 1 rings (SSSR count). The standard InChI is InChI=1S/C12H16N2O5/c1-4-8(12(15)16)13(2)9-6-5-7-10(19-3)11(9)14(17)18/h5-8H,4H2,1-3H3,(H,15,16). The summed E-state index contributed by atoms with van der Waals surface area (Å²) in [6, 6.07) is 3.74. The molecule has 0 saturated heterocycles. The van der Waals surface area contributed by atoms with Gasteiger partial charge in [-0.15, -0.1) is 0 Å². The zero-order valence-electron chi connectivity index (χ0n) is 11.0. The second-order valence-electron chi connectivity index (χ2n) is 3.96. The van der Waals surface area contributed by atoms with Crippen molar-refractivity contribution in [3.63, 3.8) is 0 Å². The molecule has 0 aliphatic heterocycles. The number of nitro groups is 1. The predicted octanol–water partition coefficient (Wildman–Crippen LogP) is 1.90. The highest BCUT2D eigenvalue weighted by molar-refractivity contribution is 5.81. The molecule has 0 radical (unpaired) electrons. The summed E-state index contributed by atoms with van der Waals surface area (Å²) in [5, 5.41) is 20.3. The van der Waals surface area contributed by atoms with Crippen molar-refractivity contribution in [2.75, 3.05) is 19.1 Å². The monoisotopic (exact) mass is 268 g/mol. The Bertz CT molecular complexity index is 489. The van der Waals surface area contributed by atoms with Gasteiger partial charge < -0.3 is 14.7 Å². The molecular weight excluding hydrogens is 252 g/mol. The summed E-state index contributed by atoms with van der Waals surface area (Å²) in [5.74, 6) is -0.920. The van der Waals surface area contributed by atoms with Crippen LogP contribution < -0.4 is 9.64 Å². The lowest BCUT2D eigenvalue weighted by molar-refractivity contribution is -0.385. The second-order valence-corrected chi connectivity index (χ2v) is 3.96. The van der Waals surface area contributed by atoms with Crippen LogP contribution in [0.25, 0.3) is 0 Å². The SMILES string of the molecule is CCC(C(=O)O)N(C)c1cccc(OC)c1[N+](=O)[O-]. The molecule has 0 amide bonds. The number of rotatable bonds is 6. The van der Waals surface area contributed by atoms with Crippen LogP contribution in [0, 0.1) is 10.1 Å². The van der Waals surface area contributed by atoms with Crippen LogP contribution in [-0.4, -0.2) is 36.2 Å². The Balaban J connectivity index is 3.33.